The predicted octanol–water partition coefficient (Wildman–Crippen LogP) is -1.52. The van der Waals surface area contributed by atoms with Crippen LogP contribution in [0.15, 0.2) is 0 Å². The second-order valence-corrected chi connectivity index (χ2v) is 5.93. The minimum Gasteiger partial charge on any atom is -0.354 e. The Hall–Kier alpha value is -0.700. The number of sulfone groups is 1. The molecule has 0 aliphatic carbocycles. The number of nitrogens with two attached hydrogens (primary N) is 1. The molecular formula is C9H20N2O5S. The molecule has 0 saturated carbocycles. The van der Waals surface area contributed by atoms with E-state index in [0.29, 0.717) is 0 Å². The van der Waals surface area contributed by atoms with Crippen molar-refractivity contribution in [2.45, 2.75) is 18.8 Å². The van der Waals surface area contributed by atoms with Gasteiger partial charge in [0.05, 0.1) is 18.3 Å². The summed E-state index contributed by atoms with van der Waals surface area (Å²) in [6.45, 7) is 0.165. The molecule has 1 amide bonds. The Morgan fingerprint density at radius 3 is 2.29 bits per heavy atom. The third-order valence-corrected chi connectivity index (χ3v) is 3.08. The first-order chi connectivity index (χ1) is 7.80. The van der Waals surface area contributed by atoms with Crippen molar-refractivity contribution in [1.82, 2.24) is 5.32 Å². The first-order valence-corrected chi connectivity index (χ1v) is 7.12. The molecule has 0 aromatic heterocycles. The van der Waals surface area contributed by atoms with Crippen molar-refractivity contribution < 1.29 is 22.7 Å². The van der Waals surface area contributed by atoms with Crippen LogP contribution in [0.2, 0.25) is 0 Å². The van der Waals surface area contributed by atoms with E-state index >= 15 is 0 Å². The van der Waals surface area contributed by atoms with E-state index in [-0.39, 0.29) is 18.7 Å². The Morgan fingerprint density at radius 2 is 1.88 bits per heavy atom. The third-order valence-electron chi connectivity index (χ3n) is 2.11. The normalized spacial score (nSPS) is 13.7. The average Bonchev–Trinajstić information content (AvgIpc) is 2.25. The molecule has 1 atom stereocenters. The lowest BCUT2D eigenvalue weighted by atomic mass is 10.2. The van der Waals surface area contributed by atoms with Crippen LogP contribution < -0.4 is 11.1 Å². The van der Waals surface area contributed by atoms with Gasteiger partial charge in [0.15, 0.2) is 6.29 Å². The van der Waals surface area contributed by atoms with Crippen molar-refractivity contribution in [2.24, 2.45) is 5.73 Å². The van der Waals surface area contributed by atoms with Gasteiger partial charge in [0.2, 0.25) is 5.91 Å². The topological polar surface area (TPSA) is 108 Å². The van der Waals surface area contributed by atoms with E-state index in [2.05, 4.69) is 5.32 Å². The molecule has 0 aromatic rings. The molecule has 0 fully saturated rings. The summed E-state index contributed by atoms with van der Waals surface area (Å²) in [6.07, 6.45) is 0.653. The molecule has 0 aliphatic heterocycles. The van der Waals surface area contributed by atoms with Gasteiger partial charge in [-0.3, -0.25) is 4.79 Å². The SMILES string of the molecule is COC(CNC(=O)C(N)CCS(C)(=O)=O)OC. The quantitative estimate of drug-likeness (QED) is 0.518. The van der Waals surface area contributed by atoms with Crippen molar-refractivity contribution in [3.05, 3.63) is 0 Å². The number of ether oxygens (including phenoxy) is 2. The van der Waals surface area contributed by atoms with E-state index < -0.39 is 28.1 Å². The molecule has 0 heterocycles. The monoisotopic (exact) mass is 268 g/mol. The lowest BCUT2D eigenvalue weighted by Gasteiger charge is -2.16. The lowest BCUT2D eigenvalue weighted by Crippen LogP contribution is -2.44. The summed E-state index contributed by atoms with van der Waals surface area (Å²) in [5.41, 5.74) is 5.54. The van der Waals surface area contributed by atoms with Gasteiger partial charge in [-0.15, -0.1) is 0 Å². The number of amides is 1. The van der Waals surface area contributed by atoms with Crippen LogP contribution in [0.25, 0.3) is 0 Å². The van der Waals surface area contributed by atoms with Crippen LogP contribution in [0.4, 0.5) is 0 Å². The minimum absolute atomic E-state index is 0.0926. The second kappa shape index (κ2) is 7.59. The van der Waals surface area contributed by atoms with Gasteiger partial charge in [0.25, 0.3) is 0 Å². The highest BCUT2D eigenvalue weighted by Gasteiger charge is 2.17. The molecule has 0 aromatic carbocycles. The molecule has 0 aliphatic rings. The zero-order valence-corrected chi connectivity index (χ0v) is 11.1. The standard InChI is InChI=1S/C9H20N2O5S/c1-15-8(16-2)6-11-9(12)7(10)4-5-17(3,13)14/h7-8H,4-6,10H2,1-3H3,(H,11,12). The number of hydrogen-bond donors (Lipinski definition) is 2. The van der Waals surface area contributed by atoms with Gasteiger partial charge < -0.3 is 20.5 Å². The lowest BCUT2D eigenvalue weighted by molar-refractivity contribution is -0.128. The molecule has 1 unspecified atom stereocenters. The predicted molar refractivity (Wildman–Crippen MR) is 63.1 cm³/mol. The number of rotatable bonds is 8. The van der Waals surface area contributed by atoms with Crippen molar-refractivity contribution in [3.8, 4) is 0 Å². The highest BCUT2D eigenvalue weighted by Crippen LogP contribution is 1.95. The smallest absolute Gasteiger partial charge is 0.237 e. The Kier molecular flexibility index (Phi) is 7.28. The molecular weight excluding hydrogens is 248 g/mol. The average molecular weight is 268 g/mol. The summed E-state index contributed by atoms with van der Waals surface area (Å²) in [4.78, 5) is 11.5. The molecule has 7 nitrogen and oxygen atoms in total. The van der Waals surface area contributed by atoms with E-state index in [1.807, 2.05) is 0 Å². The highest BCUT2D eigenvalue weighted by atomic mass is 32.2. The third kappa shape index (κ3) is 8.08. The zero-order chi connectivity index (χ0) is 13.5. The maximum Gasteiger partial charge on any atom is 0.237 e. The maximum absolute atomic E-state index is 11.5. The summed E-state index contributed by atoms with van der Waals surface area (Å²) in [5, 5.41) is 2.51. The first kappa shape index (κ1) is 16.3. The molecule has 0 bridgehead atoms. The van der Waals surface area contributed by atoms with Crippen LogP contribution in [0.1, 0.15) is 6.42 Å². The molecule has 3 N–H and O–H groups in total. The number of methoxy groups -OCH3 is 2. The van der Waals surface area contributed by atoms with Crippen molar-refractivity contribution >= 4 is 15.7 Å². The first-order valence-electron chi connectivity index (χ1n) is 5.06. The van der Waals surface area contributed by atoms with Crippen LogP contribution in [0, 0.1) is 0 Å². The number of carbonyl (C=O) groups excluding carboxylic acids is 1. The fourth-order valence-electron chi connectivity index (χ4n) is 1.05. The zero-order valence-electron chi connectivity index (χ0n) is 10.3. The summed E-state index contributed by atoms with van der Waals surface area (Å²) in [5.74, 6) is -0.535. The molecule has 17 heavy (non-hydrogen) atoms. The number of nitrogens with one attached hydrogen (secondary N) is 1. The van der Waals surface area contributed by atoms with Crippen molar-refractivity contribution in [1.29, 1.82) is 0 Å². The highest BCUT2D eigenvalue weighted by molar-refractivity contribution is 7.90. The summed E-state index contributed by atoms with van der Waals surface area (Å²) in [7, 11) is -0.206. The molecule has 0 spiro atoms. The Bertz CT molecular complexity index is 326. The van der Waals surface area contributed by atoms with E-state index in [4.69, 9.17) is 15.2 Å². The maximum atomic E-state index is 11.5. The fraction of sp³-hybridized carbons (Fsp3) is 0.889. The molecule has 0 saturated heterocycles. The fourth-order valence-corrected chi connectivity index (χ4v) is 1.73. The van der Waals surface area contributed by atoms with E-state index in [1.165, 1.54) is 14.2 Å². The van der Waals surface area contributed by atoms with E-state index in [0.717, 1.165) is 6.26 Å². The van der Waals surface area contributed by atoms with Crippen molar-refractivity contribution in [2.75, 3.05) is 32.8 Å². The van der Waals surface area contributed by atoms with Gasteiger partial charge >= 0.3 is 0 Å². The Labute approximate surface area is 102 Å². The van der Waals surface area contributed by atoms with Gasteiger partial charge in [-0.05, 0) is 6.42 Å². The molecule has 0 radical (unpaired) electrons. The van der Waals surface area contributed by atoms with E-state index in [1.54, 1.807) is 0 Å². The minimum atomic E-state index is -3.10. The van der Waals surface area contributed by atoms with Crippen LogP contribution in [0.5, 0.6) is 0 Å². The summed E-state index contributed by atoms with van der Waals surface area (Å²) in [6, 6.07) is -0.848. The number of hydrogen-bond acceptors (Lipinski definition) is 6. The summed E-state index contributed by atoms with van der Waals surface area (Å²) >= 11 is 0. The van der Waals surface area contributed by atoms with Crippen LogP contribution in [-0.4, -0.2) is 59.4 Å². The molecule has 0 rings (SSSR count). The van der Waals surface area contributed by atoms with Gasteiger partial charge in [-0.2, -0.15) is 0 Å². The molecule has 102 valence electrons. The second-order valence-electron chi connectivity index (χ2n) is 3.67. The van der Waals surface area contributed by atoms with Gasteiger partial charge in [-0.25, -0.2) is 8.42 Å². The Morgan fingerprint density at radius 1 is 1.35 bits per heavy atom. The van der Waals surface area contributed by atoms with Crippen molar-refractivity contribution in [3.63, 3.8) is 0 Å². The van der Waals surface area contributed by atoms with Crippen LogP contribution >= 0.6 is 0 Å². The summed E-state index contributed by atoms with van der Waals surface area (Å²) < 4.78 is 31.5. The van der Waals surface area contributed by atoms with Crippen LogP contribution in [0.3, 0.4) is 0 Å². The molecule has 8 heteroatoms. The van der Waals surface area contributed by atoms with Gasteiger partial charge in [0, 0.05) is 20.5 Å². The van der Waals surface area contributed by atoms with Gasteiger partial charge in [0.1, 0.15) is 9.84 Å². The van der Waals surface area contributed by atoms with Crippen LogP contribution in [-0.2, 0) is 24.1 Å². The van der Waals surface area contributed by atoms with Gasteiger partial charge in [-0.1, -0.05) is 0 Å². The van der Waals surface area contributed by atoms with E-state index in [9.17, 15) is 13.2 Å². The number of carbonyl (C=O) groups is 1. The Balaban J connectivity index is 3.98. The largest absolute Gasteiger partial charge is 0.354 e.